The number of benzene rings is 1. The molecule has 1 heterocycles. The van der Waals surface area contributed by atoms with E-state index in [1.807, 2.05) is 25.1 Å². The van der Waals surface area contributed by atoms with Gasteiger partial charge < -0.3 is 20.5 Å². The lowest BCUT2D eigenvalue weighted by atomic mass is 9.96. The van der Waals surface area contributed by atoms with Crippen molar-refractivity contribution < 1.29 is 14.3 Å². The molecule has 0 aliphatic carbocycles. The molecule has 1 aromatic rings. The van der Waals surface area contributed by atoms with E-state index in [4.69, 9.17) is 15.2 Å². The first kappa shape index (κ1) is 19.8. The van der Waals surface area contributed by atoms with Crippen LogP contribution in [-0.4, -0.2) is 32.0 Å². The Morgan fingerprint density at radius 1 is 1.44 bits per heavy atom. The topological polar surface area (TPSA) is 76.8 Å². The van der Waals surface area contributed by atoms with Crippen LogP contribution in [-0.2, 0) is 14.3 Å². The van der Waals surface area contributed by atoms with Crippen LogP contribution in [0.3, 0.4) is 0 Å². The fraction of sp³-hybridized carbons (Fsp3) is 0.500. The standard InChI is InChI=1S/C18H26BrN3O3/c1-12-5-6-14(19)7-15(12)22(13(2)23)16(20)8-21-9-17-24-10-18(3,4)11-25-17/h5-8,17,21H,9-11,20H2,1-4H3/b16-8+. The molecular weight excluding hydrogens is 386 g/mol. The highest BCUT2D eigenvalue weighted by Gasteiger charge is 2.28. The predicted molar refractivity (Wildman–Crippen MR) is 102 cm³/mol. The number of nitrogens with two attached hydrogens (primary N) is 1. The average Bonchev–Trinajstić information content (AvgIpc) is 2.52. The van der Waals surface area contributed by atoms with Gasteiger partial charge in [0.15, 0.2) is 6.29 Å². The highest BCUT2D eigenvalue weighted by Crippen LogP contribution is 2.26. The first-order valence-electron chi connectivity index (χ1n) is 8.19. The van der Waals surface area contributed by atoms with Crippen molar-refractivity contribution in [2.45, 2.75) is 34.0 Å². The Balaban J connectivity index is 2.03. The third-order valence-corrected chi connectivity index (χ3v) is 4.33. The number of rotatable bonds is 5. The first-order valence-corrected chi connectivity index (χ1v) is 8.98. The van der Waals surface area contributed by atoms with Gasteiger partial charge in [0.05, 0.1) is 25.4 Å². The van der Waals surface area contributed by atoms with Gasteiger partial charge in [-0.3, -0.25) is 9.69 Å². The normalized spacial score (nSPS) is 18.0. The van der Waals surface area contributed by atoms with E-state index < -0.39 is 0 Å². The lowest BCUT2D eigenvalue weighted by molar-refractivity contribution is -0.217. The van der Waals surface area contributed by atoms with Gasteiger partial charge in [-0.05, 0) is 24.6 Å². The minimum Gasteiger partial charge on any atom is -0.384 e. The average molecular weight is 412 g/mol. The minimum atomic E-state index is -0.324. The molecular formula is C18H26BrN3O3. The summed E-state index contributed by atoms with van der Waals surface area (Å²) >= 11 is 3.43. The van der Waals surface area contributed by atoms with Crippen molar-refractivity contribution >= 4 is 27.5 Å². The van der Waals surface area contributed by atoms with Gasteiger partial charge in [-0.1, -0.05) is 35.8 Å². The van der Waals surface area contributed by atoms with Crippen LogP contribution in [0, 0.1) is 12.3 Å². The summed E-state index contributed by atoms with van der Waals surface area (Å²) in [6, 6.07) is 5.73. The van der Waals surface area contributed by atoms with Crippen LogP contribution in [0.25, 0.3) is 0 Å². The van der Waals surface area contributed by atoms with Crippen LogP contribution in [0.1, 0.15) is 26.3 Å². The number of nitrogens with zero attached hydrogens (tertiary/aromatic N) is 1. The van der Waals surface area contributed by atoms with E-state index in [1.165, 1.54) is 11.8 Å². The van der Waals surface area contributed by atoms with E-state index >= 15 is 0 Å². The van der Waals surface area contributed by atoms with Crippen molar-refractivity contribution in [2.75, 3.05) is 24.7 Å². The molecule has 1 saturated heterocycles. The Bertz CT molecular complexity index is 651. The summed E-state index contributed by atoms with van der Waals surface area (Å²) in [6.45, 7) is 9.37. The van der Waals surface area contributed by atoms with Crippen molar-refractivity contribution in [3.8, 4) is 0 Å². The lowest BCUT2D eigenvalue weighted by Gasteiger charge is -2.34. The van der Waals surface area contributed by atoms with Gasteiger partial charge in [0.1, 0.15) is 5.82 Å². The molecule has 1 fully saturated rings. The molecule has 1 amide bonds. The van der Waals surface area contributed by atoms with Crippen LogP contribution >= 0.6 is 15.9 Å². The summed E-state index contributed by atoms with van der Waals surface area (Å²) in [5.41, 5.74) is 7.87. The van der Waals surface area contributed by atoms with Gasteiger partial charge >= 0.3 is 0 Å². The molecule has 3 N–H and O–H groups in total. The van der Waals surface area contributed by atoms with Gasteiger partial charge in [0, 0.05) is 23.0 Å². The van der Waals surface area contributed by atoms with Crippen molar-refractivity contribution in [3.63, 3.8) is 0 Å². The van der Waals surface area contributed by atoms with E-state index in [2.05, 4.69) is 35.1 Å². The number of carbonyl (C=O) groups excluding carboxylic acids is 1. The van der Waals surface area contributed by atoms with E-state index in [0.717, 1.165) is 15.7 Å². The van der Waals surface area contributed by atoms with Crippen LogP contribution in [0.15, 0.2) is 34.7 Å². The SMILES string of the molecule is CC(=O)N(/C(N)=C/NCC1OCC(C)(C)CO1)c1cc(Br)ccc1C. The number of hydrogen-bond donors (Lipinski definition) is 2. The highest BCUT2D eigenvalue weighted by atomic mass is 79.9. The number of aryl methyl sites for hydroxylation is 1. The molecule has 0 unspecified atom stereocenters. The van der Waals surface area contributed by atoms with Crippen LogP contribution in [0.4, 0.5) is 5.69 Å². The van der Waals surface area contributed by atoms with Gasteiger partial charge in [0.2, 0.25) is 5.91 Å². The maximum absolute atomic E-state index is 12.1. The second kappa shape index (κ2) is 8.21. The molecule has 6 nitrogen and oxygen atoms in total. The fourth-order valence-electron chi connectivity index (χ4n) is 2.48. The van der Waals surface area contributed by atoms with E-state index in [0.29, 0.717) is 25.6 Å². The molecule has 2 rings (SSSR count). The predicted octanol–water partition coefficient (Wildman–Crippen LogP) is 2.86. The summed E-state index contributed by atoms with van der Waals surface area (Å²) in [5.74, 6) is 0.147. The largest absolute Gasteiger partial charge is 0.384 e. The van der Waals surface area contributed by atoms with Crippen molar-refractivity contribution in [1.82, 2.24) is 5.32 Å². The van der Waals surface area contributed by atoms with E-state index in [-0.39, 0.29) is 17.6 Å². The molecule has 1 aliphatic rings. The number of carbonyl (C=O) groups is 1. The summed E-state index contributed by atoms with van der Waals surface area (Å²) in [4.78, 5) is 13.6. The zero-order chi connectivity index (χ0) is 18.6. The van der Waals surface area contributed by atoms with Crippen molar-refractivity contribution in [2.24, 2.45) is 11.1 Å². The van der Waals surface area contributed by atoms with Gasteiger partial charge in [-0.2, -0.15) is 0 Å². The van der Waals surface area contributed by atoms with Crippen LogP contribution < -0.4 is 16.0 Å². The lowest BCUT2D eigenvalue weighted by Crippen LogP contribution is -2.42. The molecule has 138 valence electrons. The first-order chi connectivity index (χ1) is 11.7. The van der Waals surface area contributed by atoms with Crippen LogP contribution in [0.2, 0.25) is 0 Å². The summed E-state index contributed by atoms with van der Waals surface area (Å²) in [7, 11) is 0. The van der Waals surface area contributed by atoms with Crippen LogP contribution in [0.5, 0.6) is 0 Å². The number of ether oxygens (including phenoxy) is 2. The zero-order valence-corrected chi connectivity index (χ0v) is 16.7. The Kier molecular flexibility index (Phi) is 6.48. The van der Waals surface area contributed by atoms with Gasteiger partial charge in [-0.25, -0.2) is 0 Å². The Hall–Kier alpha value is -1.57. The van der Waals surface area contributed by atoms with Gasteiger partial charge in [-0.15, -0.1) is 0 Å². The fourth-order valence-corrected chi connectivity index (χ4v) is 2.83. The third kappa shape index (κ3) is 5.45. The van der Waals surface area contributed by atoms with Crippen molar-refractivity contribution in [1.29, 1.82) is 0 Å². The molecule has 0 spiro atoms. The summed E-state index contributed by atoms with van der Waals surface area (Å²) in [6.07, 6.45) is 1.28. The maximum atomic E-state index is 12.1. The second-order valence-corrected chi connectivity index (χ2v) is 7.89. The Morgan fingerprint density at radius 3 is 2.68 bits per heavy atom. The summed E-state index contributed by atoms with van der Waals surface area (Å²) in [5, 5.41) is 3.08. The van der Waals surface area contributed by atoms with E-state index in [1.54, 1.807) is 6.20 Å². The monoisotopic (exact) mass is 411 g/mol. The number of halogens is 1. The second-order valence-electron chi connectivity index (χ2n) is 6.98. The molecule has 7 heteroatoms. The molecule has 0 atom stereocenters. The Morgan fingerprint density at radius 2 is 2.08 bits per heavy atom. The Labute approximate surface area is 157 Å². The van der Waals surface area contributed by atoms with Gasteiger partial charge in [0.25, 0.3) is 0 Å². The maximum Gasteiger partial charge on any atom is 0.229 e. The summed E-state index contributed by atoms with van der Waals surface area (Å²) < 4.78 is 12.2. The number of nitrogens with one attached hydrogen (secondary N) is 1. The molecule has 1 aromatic carbocycles. The minimum absolute atomic E-state index is 0.0367. The molecule has 0 radical (unpaired) electrons. The van der Waals surface area contributed by atoms with Crippen molar-refractivity contribution in [3.05, 3.63) is 40.3 Å². The van der Waals surface area contributed by atoms with E-state index in [9.17, 15) is 4.79 Å². The molecule has 25 heavy (non-hydrogen) atoms. The number of hydrogen-bond acceptors (Lipinski definition) is 5. The molecule has 1 aliphatic heterocycles. The number of anilines is 1. The smallest absolute Gasteiger partial charge is 0.229 e. The zero-order valence-electron chi connectivity index (χ0n) is 15.1. The molecule has 0 bridgehead atoms. The highest BCUT2D eigenvalue weighted by molar-refractivity contribution is 9.10. The molecule has 0 saturated carbocycles. The quantitative estimate of drug-likeness (QED) is 0.778. The molecule has 0 aromatic heterocycles. The number of amides is 1. The third-order valence-electron chi connectivity index (χ3n) is 3.84.